The third-order valence-electron chi connectivity index (χ3n) is 4.08. The molecule has 0 heterocycles. The van der Waals surface area contributed by atoms with Gasteiger partial charge >= 0.3 is 5.97 Å². The topological polar surface area (TPSA) is 81.7 Å². The monoisotopic (exact) mass is 415 g/mol. The molecular formula is C22H25NO5S. The molecule has 0 saturated heterocycles. The van der Waals surface area contributed by atoms with Crippen LogP contribution in [0.2, 0.25) is 0 Å². The Morgan fingerprint density at radius 3 is 2.24 bits per heavy atom. The fourth-order valence-corrected chi connectivity index (χ4v) is 2.90. The number of esters is 1. The fourth-order valence-electron chi connectivity index (χ4n) is 2.49. The van der Waals surface area contributed by atoms with Crippen molar-refractivity contribution in [2.24, 2.45) is 0 Å². The predicted octanol–water partition coefficient (Wildman–Crippen LogP) is 4.34. The molecule has 1 atom stereocenters. The maximum Gasteiger partial charge on any atom is 0.307 e. The molecule has 0 aliphatic carbocycles. The van der Waals surface area contributed by atoms with Gasteiger partial charge in [-0.1, -0.05) is 12.1 Å². The highest BCUT2D eigenvalue weighted by atomic mass is 32.2. The van der Waals surface area contributed by atoms with Gasteiger partial charge in [-0.15, -0.1) is 11.8 Å². The molecule has 2 aromatic rings. The minimum atomic E-state index is -0.968. The average molecular weight is 416 g/mol. The van der Waals surface area contributed by atoms with Crippen LogP contribution < -0.4 is 10.1 Å². The quantitative estimate of drug-likeness (QED) is 0.353. The van der Waals surface area contributed by atoms with Crippen LogP contribution in [0.3, 0.4) is 0 Å². The number of hydrogen-bond donors (Lipinski definition) is 1. The predicted molar refractivity (Wildman–Crippen MR) is 114 cm³/mol. The van der Waals surface area contributed by atoms with Crippen LogP contribution in [-0.2, 0) is 14.3 Å². The zero-order chi connectivity index (χ0) is 21.2. The standard InChI is InChI=1S/C22H25NO5S/c1-4-27-18-9-7-17(8-10-18)23-22(26)15(2)28-21(25)14-13-20(24)16-5-11-19(29-3)12-6-16/h5-12,15H,4,13-14H2,1-3H3,(H,23,26)/t15-/m0/s1. The van der Waals surface area contributed by atoms with Crippen molar-refractivity contribution in [2.75, 3.05) is 18.2 Å². The van der Waals surface area contributed by atoms with E-state index in [2.05, 4.69) is 5.32 Å². The van der Waals surface area contributed by atoms with Crippen molar-refractivity contribution < 1.29 is 23.9 Å². The van der Waals surface area contributed by atoms with Gasteiger partial charge in [0, 0.05) is 22.6 Å². The summed E-state index contributed by atoms with van der Waals surface area (Å²) in [6, 6.07) is 14.1. The summed E-state index contributed by atoms with van der Waals surface area (Å²) >= 11 is 1.59. The van der Waals surface area contributed by atoms with Crippen LogP contribution in [0.15, 0.2) is 53.4 Å². The van der Waals surface area contributed by atoms with Gasteiger partial charge in [0.2, 0.25) is 0 Å². The lowest BCUT2D eigenvalue weighted by Crippen LogP contribution is -2.30. The largest absolute Gasteiger partial charge is 0.494 e. The first kappa shape index (κ1) is 22.5. The number of carbonyl (C=O) groups is 3. The van der Waals surface area contributed by atoms with Gasteiger partial charge in [-0.25, -0.2) is 0 Å². The van der Waals surface area contributed by atoms with Gasteiger partial charge in [-0.3, -0.25) is 14.4 Å². The maximum atomic E-state index is 12.2. The van der Waals surface area contributed by atoms with Gasteiger partial charge in [0.1, 0.15) is 5.75 Å². The molecule has 0 saturated carbocycles. The summed E-state index contributed by atoms with van der Waals surface area (Å²) in [5.74, 6) is -0.464. The van der Waals surface area contributed by atoms with E-state index in [1.807, 2.05) is 25.3 Å². The second-order valence-corrected chi connectivity index (χ2v) is 7.11. The van der Waals surface area contributed by atoms with Gasteiger partial charge in [-0.2, -0.15) is 0 Å². The van der Waals surface area contributed by atoms with Crippen molar-refractivity contribution in [1.82, 2.24) is 0 Å². The number of benzene rings is 2. The third-order valence-corrected chi connectivity index (χ3v) is 4.82. The molecule has 0 fully saturated rings. The molecule has 1 N–H and O–H groups in total. The average Bonchev–Trinajstić information content (AvgIpc) is 2.73. The van der Waals surface area contributed by atoms with Crippen LogP contribution in [0.5, 0.6) is 5.75 Å². The molecule has 29 heavy (non-hydrogen) atoms. The molecule has 2 rings (SSSR count). The lowest BCUT2D eigenvalue weighted by Gasteiger charge is -2.14. The first-order chi connectivity index (χ1) is 13.9. The Kier molecular flexibility index (Phi) is 8.73. The summed E-state index contributed by atoms with van der Waals surface area (Å²) in [5, 5.41) is 2.68. The van der Waals surface area contributed by atoms with Crippen molar-refractivity contribution in [3.05, 3.63) is 54.1 Å². The summed E-state index contributed by atoms with van der Waals surface area (Å²) in [5.41, 5.74) is 1.13. The number of anilines is 1. The zero-order valence-electron chi connectivity index (χ0n) is 16.8. The Labute approximate surface area is 175 Å². The van der Waals surface area contributed by atoms with Crippen molar-refractivity contribution in [3.8, 4) is 5.75 Å². The number of Topliss-reactive ketones (excluding diaryl/α,β-unsaturated/α-hetero) is 1. The number of ether oxygens (including phenoxy) is 2. The molecule has 0 aliphatic rings. The molecule has 154 valence electrons. The van der Waals surface area contributed by atoms with E-state index in [1.165, 1.54) is 6.92 Å². The summed E-state index contributed by atoms with van der Waals surface area (Å²) in [6.45, 7) is 3.94. The highest BCUT2D eigenvalue weighted by Gasteiger charge is 2.19. The second-order valence-electron chi connectivity index (χ2n) is 6.23. The summed E-state index contributed by atoms with van der Waals surface area (Å²) in [4.78, 5) is 37.4. The van der Waals surface area contributed by atoms with Gasteiger partial charge in [-0.05, 0) is 56.5 Å². The molecule has 6 nitrogen and oxygen atoms in total. The summed E-state index contributed by atoms with van der Waals surface area (Å²) in [7, 11) is 0. The summed E-state index contributed by atoms with van der Waals surface area (Å²) < 4.78 is 10.5. The van der Waals surface area contributed by atoms with E-state index in [-0.39, 0.29) is 18.6 Å². The smallest absolute Gasteiger partial charge is 0.307 e. The molecule has 1 amide bonds. The molecule has 0 spiro atoms. The number of ketones is 1. The molecule has 0 radical (unpaired) electrons. The third kappa shape index (κ3) is 7.27. The molecule has 7 heteroatoms. The lowest BCUT2D eigenvalue weighted by atomic mass is 10.1. The van der Waals surface area contributed by atoms with Crippen LogP contribution >= 0.6 is 11.8 Å². The van der Waals surface area contributed by atoms with E-state index in [9.17, 15) is 14.4 Å². The van der Waals surface area contributed by atoms with E-state index in [0.29, 0.717) is 23.6 Å². The van der Waals surface area contributed by atoms with Crippen LogP contribution in [0.25, 0.3) is 0 Å². The minimum Gasteiger partial charge on any atom is -0.494 e. The summed E-state index contributed by atoms with van der Waals surface area (Å²) in [6.07, 6.45) is 0.944. The molecule has 0 aromatic heterocycles. The number of nitrogens with one attached hydrogen (secondary N) is 1. The van der Waals surface area contributed by atoms with E-state index in [0.717, 1.165) is 4.90 Å². The van der Waals surface area contributed by atoms with E-state index in [4.69, 9.17) is 9.47 Å². The zero-order valence-corrected chi connectivity index (χ0v) is 17.6. The highest BCUT2D eigenvalue weighted by Crippen LogP contribution is 2.17. The SMILES string of the molecule is CCOc1ccc(NC(=O)[C@H](C)OC(=O)CCC(=O)c2ccc(SC)cc2)cc1. The van der Waals surface area contributed by atoms with Crippen molar-refractivity contribution in [2.45, 2.75) is 37.7 Å². The second kappa shape index (κ2) is 11.3. The lowest BCUT2D eigenvalue weighted by molar-refractivity contribution is -0.153. The number of carbonyl (C=O) groups excluding carboxylic acids is 3. The Balaban J connectivity index is 1.78. The Bertz CT molecular complexity index is 833. The van der Waals surface area contributed by atoms with Crippen LogP contribution in [0.4, 0.5) is 5.69 Å². The molecule has 0 aliphatic heterocycles. The van der Waals surface area contributed by atoms with Gasteiger partial charge in [0.15, 0.2) is 11.9 Å². The van der Waals surface area contributed by atoms with Gasteiger partial charge < -0.3 is 14.8 Å². The first-order valence-electron chi connectivity index (χ1n) is 9.33. The highest BCUT2D eigenvalue weighted by molar-refractivity contribution is 7.98. The maximum absolute atomic E-state index is 12.2. The van der Waals surface area contributed by atoms with Crippen molar-refractivity contribution >= 4 is 35.1 Å². The van der Waals surface area contributed by atoms with E-state index in [1.54, 1.807) is 48.2 Å². The van der Waals surface area contributed by atoms with E-state index < -0.39 is 18.0 Å². The van der Waals surface area contributed by atoms with Crippen molar-refractivity contribution in [3.63, 3.8) is 0 Å². The van der Waals surface area contributed by atoms with Gasteiger partial charge in [0.05, 0.1) is 13.0 Å². The molecule has 0 unspecified atom stereocenters. The molecular weight excluding hydrogens is 390 g/mol. The number of thioether (sulfide) groups is 1. The minimum absolute atomic E-state index is 0.0324. The number of amides is 1. The van der Waals surface area contributed by atoms with Crippen LogP contribution in [-0.4, -0.2) is 36.6 Å². The van der Waals surface area contributed by atoms with E-state index >= 15 is 0 Å². The number of hydrogen-bond acceptors (Lipinski definition) is 6. The van der Waals surface area contributed by atoms with Crippen LogP contribution in [0, 0.1) is 0 Å². The Morgan fingerprint density at radius 1 is 1.00 bits per heavy atom. The fraction of sp³-hybridized carbons (Fsp3) is 0.318. The van der Waals surface area contributed by atoms with Crippen LogP contribution in [0.1, 0.15) is 37.0 Å². The number of rotatable bonds is 10. The first-order valence-corrected chi connectivity index (χ1v) is 10.6. The normalized spacial score (nSPS) is 11.4. The molecule has 0 bridgehead atoms. The van der Waals surface area contributed by atoms with Crippen molar-refractivity contribution in [1.29, 1.82) is 0 Å². The van der Waals surface area contributed by atoms with Gasteiger partial charge in [0.25, 0.3) is 5.91 Å². The molecule has 2 aromatic carbocycles. The Hall–Kier alpha value is -2.80. The Morgan fingerprint density at radius 2 is 1.66 bits per heavy atom.